The van der Waals surface area contributed by atoms with E-state index >= 15 is 0 Å². The van der Waals surface area contributed by atoms with Gasteiger partial charge in [-0.3, -0.25) is 4.98 Å². The maximum Gasteiger partial charge on any atom is 0.0421 e. The first-order valence-corrected chi connectivity index (χ1v) is 6.15. The van der Waals surface area contributed by atoms with Crippen LogP contribution in [0.3, 0.4) is 0 Å². The molecular weight excluding hydrogens is 206 g/mol. The quantitative estimate of drug-likeness (QED) is 0.794. The minimum absolute atomic E-state index is 0.396. The highest BCUT2D eigenvalue weighted by molar-refractivity contribution is 7.99. The standard InChI is InChI=1S/C11H19N3S/c1-14(2)7-8-15-11(9-12)10-3-5-13-6-4-10/h3-6,11H,7-9,12H2,1-2H3. The lowest BCUT2D eigenvalue weighted by Gasteiger charge is -2.16. The number of rotatable bonds is 6. The van der Waals surface area contributed by atoms with E-state index in [2.05, 4.69) is 24.0 Å². The second-order valence-corrected chi connectivity index (χ2v) is 4.99. The molecule has 0 saturated heterocycles. The van der Waals surface area contributed by atoms with Crippen LogP contribution in [-0.2, 0) is 0 Å². The zero-order valence-corrected chi connectivity index (χ0v) is 10.2. The van der Waals surface area contributed by atoms with Crippen molar-refractivity contribution in [2.24, 2.45) is 5.73 Å². The first kappa shape index (κ1) is 12.5. The van der Waals surface area contributed by atoms with Crippen molar-refractivity contribution < 1.29 is 0 Å². The van der Waals surface area contributed by atoms with Crippen LogP contribution >= 0.6 is 11.8 Å². The molecule has 0 aliphatic heterocycles. The van der Waals surface area contributed by atoms with Crippen molar-refractivity contribution in [2.45, 2.75) is 5.25 Å². The maximum absolute atomic E-state index is 5.77. The van der Waals surface area contributed by atoms with Crippen LogP contribution in [0.5, 0.6) is 0 Å². The van der Waals surface area contributed by atoms with Gasteiger partial charge < -0.3 is 10.6 Å². The third kappa shape index (κ3) is 4.64. The van der Waals surface area contributed by atoms with E-state index in [0.717, 1.165) is 12.3 Å². The monoisotopic (exact) mass is 225 g/mol. The molecule has 0 radical (unpaired) electrons. The Hall–Kier alpha value is -0.580. The molecule has 0 aliphatic carbocycles. The van der Waals surface area contributed by atoms with E-state index in [4.69, 9.17) is 5.73 Å². The summed E-state index contributed by atoms with van der Waals surface area (Å²) >= 11 is 1.91. The Bertz CT molecular complexity index is 264. The number of hydrogen-bond acceptors (Lipinski definition) is 4. The molecule has 4 heteroatoms. The van der Waals surface area contributed by atoms with E-state index in [1.807, 2.05) is 36.3 Å². The van der Waals surface area contributed by atoms with Gasteiger partial charge in [-0.25, -0.2) is 0 Å². The summed E-state index contributed by atoms with van der Waals surface area (Å²) in [5.41, 5.74) is 7.04. The van der Waals surface area contributed by atoms with Crippen molar-refractivity contribution >= 4 is 11.8 Å². The van der Waals surface area contributed by atoms with Gasteiger partial charge in [-0.05, 0) is 31.8 Å². The zero-order valence-electron chi connectivity index (χ0n) is 9.39. The predicted molar refractivity (Wildman–Crippen MR) is 67.0 cm³/mol. The van der Waals surface area contributed by atoms with Crippen LogP contribution in [0.4, 0.5) is 0 Å². The van der Waals surface area contributed by atoms with Crippen molar-refractivity contribution in [3.05, 3.63) is 30.1 Å². The second kappa shape index (κ2) is 6.82. The van der Waals surface area contributed by atoms with Crippen LogP contribution in [0.1, 0.15) is 10.8 Å². The van der Waals surface area contributed by atoms with Gasteiger partial charge in [0, 0.05) is 36.5 Å². The Labute approximate surface area is 96.1 Å². The summed E-state index contributed by atoms with van der Waals surface area (Å²) < 4.78 is 0. The van der Waals surface area contributed by atoms with Crippen molar-refractivity contribution in [1.82, 2.24) is 9.88 Å². The second-order valence-electron chi connectivity index (χ2n) is 3.68. The molecule has 1 aromatic rings. The minimum atomic E-state index is 0.396. The fourth-order valence-corrected chi connectivity index (χ4v) is 2.50. The van der Waals surface area contributed by atoms with Crippen molar-refractivity contribution in [3.63, 3.8) is 0 Å². The summed E-state index contributed by atoms with van der Waals surface area (Å²) in [5, 5.41) is 0.396. The molecule has 1 atom stereocenters. The average Bonchev–Trinajstić information content (AvgIpc) is 2.25. The number of nitrogens with two attached hydrogens (primary N) is 1. The number of pyridine rings is 1. The van der Waals surface area contributed by atoms with E-state index in [-0.39, 0.29) is 0 Å². The van der Waals surface area contributed by atoms with Crippen LogP contribution in [0.2, 0.25) is 0 Å². The molecule has 3 nitrogen and oxygen atoms in total. The first-order valence-electron chi connectivity index (χ1n) is 5.10. The lowest BCUT2D eigenvalue weighted by molar-refractivity contribution is 0.437. The van der Waals surface area contributed by atoms with Crippen molar-refractivity contribution in [3.8, 4) is 0 Å². The lowest BCUT2D eigenvalue weighted by Crippen LogP contribution is -2.17. The molecule has 0 spiro atoms. The van der Waals surface area contributed by atoms with Gasteiger partial charge >= 0.3 is 0 Å². The van der Waals surface area contributed by atoms with E-state index in [0.29, 0.717) is 11.8 Å². The largest absolute Gasteiger partial charge is 0.329 e. The Morgan fingerprint density at radius 3 is 2.60 bits per heavy atom. The third-order valence-electron chi connectivity index (χ3n) is 2.15. The van der Waals surface area contributed by atoms with Gasteiger partial charge in [0.25, 0.3) is 0 Å². The first-order chi connectivity index (χ1) is 7.24. The van der Waals surface area contributed by atoms with Crippen LogP contribution < -0.4 is 5.73 Å². The Balaban J connectivity index is 2.43. The van der Waals surface area contributed by atoms with E-state index in [1.54, 1.807) is 0 Å². The highest BCUT2D eigenvalue weighted by Crippen LogP contribution is 2.26. The molecule has 2 N–H and O–H groups in total. The van der Waals surface area contributed by atoms with E-state index < -0.39 is 0 Å². The Morgan fingerprint density at radius 2 is 2.07 bits per heavy atom. The number of hydrogen-bond donors (Lipinski definition) is 1. The van der Waals surface area contributed by atoms with Crippen molar-refractivity contribution in [1.29, 1.82) is 0 Å². The molecule has 1 heterocycles. The van der Waals surface area contributed by atoms with Gasteiger partial charge in [-0.1, -0.05) is 0 Å². The summed E-state index contributed by atoms with van der Waals surface area (Å²) in [7, 11) is 4.18. The highest BCUT2D eigenvalue weighted by atomic mass is 32.2. The van der Waals surface area contributed by atoms with Crippen LogP contribution in [0, 0.1) is 0 Å². The van der Waals surface area contributed by atoms with Crippen LogP contribution in [-0.4, -0.2) is 42.8 Å². The summed E-state index contributed by atoms with van der Waals surface area (Å²) in [5.74, 6) is 1.11. The predicted octanol–water partition coefficient (Wildman–Crippen LogP) is 1.38. The van der Waals surface area contributed by atoms with Gasteiger partial charge in [0.1, 0.15) is 0 Å². The van der Waals surface area contributed by atoms with E-state index in [1.165, 1.54) is 5.56 Å². The smallest absolute Gasteiger partial charge is 0.0421 e. The molecule has 1 rings (SSSR count). The summed E-state index contributed by atoms with van der Waals surface area (Å²) in [6.07, 6.45) is 3.65. The van der Waals surface area contributed by atoms with E-state index in [9.17, 15) is 0 Å². The number of nitrogens with zero attached hydrogens (tertiary/aromatic N) is 2. The Morgan fingerprint density at radius 1 is 1.40 bits per heavy atom. The molecule has 0 aliphatic rings. The molecule has 84 valence electrons. The van der Waals surface area contributed by atoms with Crippen LogP contribution in [0.15, 0.2) is 24.5 Å². The Kier molecular flexibility index (Phi) is 5.68. The zero-order chi connectivity index (χ0) is 11.1. The molecule has 1 unspecified atom stereocenters. The van der Waals surface area contributed by atoms with Gasteiger partial charge in [0.2, 0.25) is 0 Å². The van der Waals surface area contributed by atoms with Crippen LogP contribution in [0.25, 0.3) is 0 Å². The van der Waals surface area contributed by atoms with Gasteiger partial charge in [-0.2, -0.15) is 11.8 Å². The molecule has 0 saturated carbocycles. The van der Waals surface area contributed by atoms with Gasteiger partial charge in [-0.15, -0.1) is 0 Å². The molecule has 0 amide bonds. The maximum atomic E-state index is 5.77. The third-order valence-corrected chi connectivity index (χ3v) is 3.43. The minimum Gasteiger partial charge on any atom is -0.329 e. The molecule has 15 heavy (non-hydrogen) atoms. The molecule has 1 aromatic heterocycles. The summed E-state index contributed by atoms with van der Waals surface area (Å²) in [4.78, 5) is 6.20. The molecule has 0 fully saturated rings. The van der Waals surface area contributed by atoms with Gasteiger partial charge in [0.15, 0.2) is 0 Å². The summed E-state index contributed by atoms with van der Waals surface area (Å²) in [6.45, 7) is 1.77. The lowest BCUT2D eigenvalue weighted by atomic mass is 10.2. The highest BCUT2D eigenvalue weighted by Gasteiger charge is 2.09. The number of aromatic nitrogens is 1. The number of thioether (sulfide) groups is 1. The molecule has 0 bridgehead atoms. The average molecular weight is 225 g/mol. The molecular formula is C11H19N3S. The topological polar surface area (TPSA) is 42.1 Å². The summed E-state index contributed by atoms with van der Waals surface area (Å²) in [6, 6.07) is 4.08. The fraction of sp³-hybridized carbons (Fsp3) is 0.545. The molecule has 0 aromatic carbocycles. The van der Waals surface area contributed by atoms with Gasteiger partial charge in [0.05, 0.1) is 0 Å². The SMILES string of the molecule is CN(C)CCSC(CN)c1ccncc1. The normalized spacial score (nSPS) is 13.1. The van der Waals surface area contributed by atoms with Crippen molar-refractivity contribution in [2.75, 3.05) is 32.9 Å². The fourth-order valence-electron chi connectivity index (χ4n) is 1.26.